The van der Waals surface area contributed by atoms with Gasteiger partial charge >= 0.3 is 0 Å². The summed E-state index contributed by atoms with van der Waals surface area (Å²) in [6.45, 7) is 0. The molecular formula is C20H20N4O4. The molecule has 0 unspecified atom stereocenters. The fourth-order valence-corrected chi connectivity index (χ4v) is 2.84. The van der Waals surface area contributed by atoms with E-state index in [1.54, 1.807) is 24.3 Å². The highest BCUT2D eigenvalue weighted by atomic mass is 16.5. The van der Waals surface area contributed by atoms with Crippen LogP contribution in [-0.2, 0) is 11.2 Å². The Labute approximate surface area is 160 Å². The molecule has 0 aliphatic carbocycles. The van der Waals surface area contributed by atoms with Gasteiger partial charge in [-0.15, -0.1) is 0 Å². The Balaban J connectivity index is 1.63. The van der Waals surface area contributed by atoms with Crippen LogP contribution in [0, 0.1) is 0 Å². The summed E-state index contributed by atoms with van der Waals surface area (Å²) in [5.41, 5.74) is 6.35. The molecule has 0 fully saturated rings. The Morgan fingerprint density at radius 3 is 2.75 bits per heavy atom. The van der Waals surface area contributed by atoms with Gasteiger partial charge in [0, 0.05) is 18.4 Å². The van der Waals surface area contributed by atoms with Gasteiger partial charge in [-0.3, -0.25) is 14.4 Å². The van der Waals surface area contributed by atoms with E-state index in [0.29, 0.717) is 41.0 Å². The molecule has 8 heteroatoms. The molecular weight excluding hydrogens is 360 g/mol. The van der Waals surface area contributed by atoms with E-state index >= 15 is 0 Å². The van der Waals surface area contributed by atoms with E-state index < -0.39 is 5.91 Å². The number of benzene rings is 2. The second kappa shape index (κ2) is 8.34. The molecule has 0 aliphatic rings. The summed E-state index contributed by atoms with van der Waals surface area (Å²) in [5, 5.41) is 3.25. The Hall–Kier alpha value is -3.68. The normalized spacial score (nSPS) is 10.6. The highest BCUT2D eigenvalue weighted by molar-refractivity contribution is 5.97. The molecule has 0 radical (unpaired) electrons. The van der Waals surface area contributed by atoms with Crippen LogP contribution in [0.1, 0.15) is 29.0 Å². The third-order valence-corrected chi connectivity index (χ3v) is 4.24. The summed E-state index contributed by atoms with van der Waals surface area (Å²) in [6, 6.07) is 11.7. The zero-order chi connectivity index (χ0) is 20.1. The number of nitrogens with one attached hydrogen (secondary N) is 2. The maximum atomic E-state index is 12.3. The van der Waals surface area contributed by atoms with Crippen molar-refractivity contribution < 1.29 is 14.3 Å². The van der Waals surface area contributed by atoms with Crippen LogP contribution in [0.5, 0.6) is 5.75 Å². The lowest BCUT2D eigenvalue weighted by atomic mass is 10.1. The van der Waals surface area contributed by atoms with Crippen LogP contribution in [0.15, 0.2) is 47.3 Å². The Morgan fingerprint density at radius 2 is 2.00 bits per heavy atom. The molecule has 2 amide bonds. The monoisotopic (exact) mass is 380 g/mol. The van der Waals surface area contributed by atoms with Crippen LogP contribution in [0.25, 0.3) is 10.9 Å². The smallest absolute Gasteiger partial charge is 0.258 e. The number of carbonyl (C=O) groups is 2. The molecule has 0 bridgehead atoms. The van der Waals surface area contributed by atoms with Gasteiger partial charge in [0.05, 0.1) is 23.7 Å². The van der Waals surface area contributed by atoms with E-state index in [9.17, 15) is 14.4 Å². The first-order valence-electron chi connectivity index (χ1n) is 8.73. The third-order valence-electron chi connectivity index (χ3n) is 4.24. The van der Waals surface area contributed by atoms with Crippen LogP contribution in [0.3, 0.4) is 0 Å². The van der Waals surface area contributed by atoms with Gasteiger partial charge in [0.1, 0.15) is 11.6 Å². The molecule has 1 heterocycles. The summed E-state index contributed by atoms with van der Waals surface area (Å²) in [4.78, 5) is 42.8. The number of methoxy groups -OCH3 is 1. The number of nitrogens with two attached hydrogens (primary N) is 1. The van der Waals surface area contributed by atoms with E-state index in [-0.39, 0.29) is 23.5 Å². The minimum atomic E-state index is -0.593. The molecule has 3 aromatic rings. The quantitative estimate of drug-likeness (QED) is 0.578. The number of aromatic nitrogens is 2. The molecule has 0 atom stereocenters. The lowest BCUT2D eigenvalue weighted by Gasteiger charge is -2.11. The largest absolute Gasteiger partial charge is 0.495 e. The summed E-state index contributed by atoms with van der Waals surface area (Å²) in [6.07, 6.45) is 1.15. The number of fused-ring (bicyclic) bond motifs is 1. The van der Waals surface area contributed by atoms with E-state index in [1.165, 1.54) is 19.2 Å². The number of ether oxygens (including phenoxy) is 1. The number of rotatable bonds is 7. The first kappa shape index (κ1) is 19.1. The minimum Gasteiger partial charge on any atom is -0.495 e. The molecule has 0 saturated carbocycles. The second-order valence-corrected chi connectivity index (χ2v) is 6.21. The lowest BCUT2D eigenvalue weighted by molar-refractivity contribution is -0.116. The van der Waals surface area contributed by atoms with Gasteiger partial charge in [0.15, 0.2) is 0 Å². The van der Waals surface area contributed by atoms with Crippen molar-refractivity contribution in [1.29, 1.82) is 0 Å². The number of hydrogen-bond donors (Lipinski definition) is 3. The number of hydrogen-bond acceptors (Lipinski definition) is 5. The fraction of sp³-hybridized carbons (Fsp3) is 0.200. The number of amides is 2. The Morgan fingerprint density at radius 1 is 1.21 bits per heavy atom. The second-order valence-electron chi connectivity index (χ2n) is 6.21. The third kappa shape index (κ3) is 4.35. The van der Waals surface area contributed by atoms with Crippen molar-refractivity contribution in [2.75, 3.05) is 12.4 Å². The van der Waals surface area contributed by atoms with Gasteiger partial charge < -0.3 is 20.8 Å². The van der Waals surface area contributed by atoms with E-state index in [1.807, 2.05) is 6.07 Å². The summed E-state index contributed by atoms with van der Waals surface area (Å²) >= 11 is 0. The van der Waals surface area contributed by atoms with Crippen molar-refractivity contribution in [3.8, 4) is 5.75 Å². The van der Waals surface area contributed by atoms with Gasteiger partial charge in [-0.25, -0.2) is 4.98 Å². The van der Waals surface area contributed by atoms with Gasteiger partial charge in [0.25, 0.3) is 5.56 Å². The Bertz CT molecular complexity index is 1090. The molecule has 2 aromatic carbocycles. The SMILES string of the molecule is COc1ccc(C(N)=O)cc1NC(=O)CCCc1nc2ccccc2c(=O)[nH]1. The average molecular weight is 380 g/mol. The van der Waals surface area contributed by atoms with Crippen molar-refractivity contribution >= 4 is 28.4 Å². The summed E-state index contributed by atoms with van der Waals surface area (Å²) < 4.78 is 5.19. The maximum absolute atomic E-state index is 12.3. The minimum absolute atomic E-state index is 0.196. The van der Waals surface area contributed by atoms with Crippen LogP contribution < -0.4 is 21.3 Å². The van der Waals surface area contributed by atoms with Crippen LogP contribution >= 0.6 is 0 Å². The molecule has 4 N–H and O–H groups in total. The number of aromatic amines is 1. The highest BCUT2D eigenvalue weighted by Gasteiger charge is 2.11. The first-order valence-corrected chi connectivity index (χ1v) is 8.73. The van der Waals surface area contributed by atoms with Crippen molar-refractivity contribution in [2.24, 2.45) is 5.73 Å². The molecule has 1 aromatic heterocycles. The van der Waals surface area contributed by atoms with Gasteiger partial charge in [-0.1, -0.05) is 12.1 Å². The zero-order valence-electron chi connectivity index (χ0n) is 15.3. The van der Waals surface area contributed by atoms with Crippen molar-refractivity contribution in [3.63, 3.8) is 0 Å². The van der Waals surface area contributed by atoms with Crippen LogP contribution in [-0.4, -0.2) is 28.9 Å². The topological polar surface area (TPSA) is 127 Å². The standard InChI is InChI=1S/C20H20N4O4/c1-28-16-10-9-12(19(21)26)11-15(16)23-18(25)8-4-7-17-22-14-6-3-2-5-13(14)20(27)24-17/h2-3,5-6,9-11H,4,7-8H2,1H3,(H2,21,26)(H,23,25)(H,22,24,27). The number of primary amides is 1. The van der Waals surface area contributed by atoms with E-state index in [4.69, 9.17) is 10.5 Å². The number of aryl methyl sites for hydroxylation is 1. The molecule has 3 rings (SSSR count). The van der Waals surface area contributed by atoms with Gasteiger partial charge in [0.2, 0.25) is 11.8 Å². The van der Waals surface area contributed by atoms with Crippen molar-refractivity contribution in [3.05, 3.63) is 64.2 Å². The lowest BCUT2D eigenvalue weighted by Crippen LogP contribution is -2.16. The van der Waals surface area contributed by atoms with Crippen LogP contribution in [0.4, 0.5) is 5.69 Å². The van der Waals surface area contributed by atoms with Gasteiger partial charge in [-0.05, 0) is 36.8 Å². The molecule has 8 nitrogen and oxygen atoms in total. The molecule has 0 aliphatic heterocycles. The fourth-order valence-electron chi connectivity index (χ4n) is 2.84. The molecule has 28 heavy (non-hydrogen) atoms. The molecule has 0 spiro atoms. The van der Waals surface area contributed by atoms with Crippen LogP contribution in [0.2, 0.25) is 0 Å². The number of anilines is 1. The summed E-state index contributed by atoms with van der Waals surface area (Å²) in [5.74, 6) is 0.122. The van der Waals surface area contributed by atoms with Gasteiger partial charge in [-0.2, -0.15) is 0 Å². The number of H-pyrrole nitrogens is 1. The van der Waals surface area contributed by atoms with Crippen molar-refractivity contribution in [2.45, 2.75) is 19.3 Å². The number of nitrogens with zero attached hydrogens (tertiary/aromatic N) is 1. The zero-order valence-corrected chi connectivity index (χ0v) is 15.3. The van der Waals surface area contributed by atoms with E-state index in [0.717, 1.165) is 0 Å². The molecule has 144 valence electrons. The maximum Gasteiger partial charge on any atom is 0.258 e. The molecule has 0 saturated heterocycles. The number of carbonyl (C=O) groups excluding carboxylic acids is 2. The predicted molar refractivity (Wildman–Crippen MR) is 105 cm³/mol. The number of para-hydroxylation sites is 1. The first-order chi connectivity index (χ1) is 13.5. The predicted octanol–water partition coefficient (Wildman–Crippen LogP) is 1.99. The Kier molecular flexibility index (Phi) is 5.69. The highest BCUT2D eigenvalue weighted by Crippen LogP contribution is 2.25. The van der Waals surface area contributed by atoms with Crippen molar-refractivity contribution in [1.82, 2.24) is 9.97 Å². The summed E-state index contributed by atoms with van der Waals surface area (Å²) in [7, 11) is 1.47. The average Bonchev–Trinajstić information content (AvgIpc) is 2.68. The van der Waals surface area contributed by atoms with E-state index in [2.05, 4.69) is 15.3 Å².